The molecule has 0 radical (unpaired) electrons. The Balaban J connectivity index is 2.10. The monoisotopic (exact) mass is 309 g/mol. The Hall–Kier alpha value is -1.70. The van der Waals surface area contributed by atoms with Crippen LogP contribution in [0.15, 0.2) is 41.6 Å². The van der Waals surface area contributed by atoms with E-state index in [-0.39, 0.29) is 24.6 Å². The van der Waals surface area contributed by atoms with Crippen molar-refractivity contribution in [2.75, 3.05) is 6.61 Å². The highest BCUT2D eigenvalue weighted by molar-refractivity contribution is 7.89. The summed E-state index contributed by atoms with van der Waals surface area (Å²) in [6.07, 6.45) is 3.54. The van der Waals surface area contributed by atoms with E-state index in [0.717, 1.165) is 17.5 Å². The molecule has 6 nitrogen and oxygen atoms in total. The van der Waals surface area contributed by atoms with E-state index >= 15 is 0 Å². The summed E-state index contributed by atoms with van der Waals surface area (Å²) in [5.41, 5.74) is 2.09. The Labute approximate surface area is 124 Å². The first-order valence-corrected chi connectivity index (χ1v) is 8.25. The van der Waals surface area contributed by atoms with E-state index in [1.807, 2.05) is 31.2 Å². The largest absolute Gasteiger partial charge is 0.394 e. The Morgan fingerprint density at radius 2 is 2.00 bits per heavy atom. The predicted octanol–water partition coefficient (Wildman–Crippen LogP) is 0.916. The molecule has 0 unspecified atom stereocenters. The highest BCUT2D eigenvalue weighted by Crippen LogP contribution is 2.12. The second-order valence-corrected chi connectivity index (χ2v) is 6.38. The molecule has 1 heterocycles. The third kappa shape index (κ3) is 3.90. The second-order valence-electron chi connectivity index (χ2n) is 4.61. The number of sulfonamides is 1. The van der Waals surface area contributed by atoms with Crippen LogP contribution in [0.25, 0.3) is 0 Å². The van der Waals surface area contributed by atoms with Gasteiger partial charge < -0.3 is 5.11 Å². The number of hydrogen-bond acceptors (Lipinski definition) is 4. The highest BCUT2D eigenvalue weighted by Gasteiger charge is 2.16. The zero-order valence-corrected chi connectivity index (χ0v) is 12.7. The van der Waals surface area contributed by atoms with Crippen molar-refractivity contribution in [1.82, 2.24) is 14.5 Å². The van der Waals surface area contributed by atoms with Gasteiger partial charge in [0.15, 0.2) is 0 Å². The lowest BCUT2D eigenvalue weighted by molar-refractivity contribution is 0.269. The van der Waals surface area contributed by atoms with E-state index in [1.54, 1.807) is 0 Å². The van der Waals surface area contributed by atoms with Crippen LogP contribution in [0.4, 0.5) is 0 Å². The first-order valence-electron chi connectivity index (χ1n) is 6.76. The molecular weight excluding hydrogens is 290 g/mol. The maximum absolute atomic E-state index is 12.2. The minimum absolute atomic E-state index is 0.0848. The molecule has 0 aliphatic carbocycles. The fourth-order valence-corrected chi connectivity index (χ4v) is 3.00. The SMILES string of the molecule is CCc1ccccc1CNS(=O)(=O)c1cnn(CCO)c1. The summed E-state index contributed by atoms with van der Waals surface area (Å²) in [5, 5.41) is 12.7. The number of aliphatic hydroxyl groups excluding tert-OH is 1. The van der Waals surface area contributed by atoms with Gasteiger partial charge in [0.2, 0.25) is 10.0 Å². The number of nitrogens with zero attached hydrogens (tertiary/aromatic N) is 2. The summed E-state index contributed by atoms with van der Waals surface area (Å²) in [5.74, 6) is 0. The van der Waals surface area contributed by atoms with Gasteiger partial charge in [0, 0.05) is 12.7 Å². The molecule has 0 amide bonds. The van der Waals surface area contributed by atoms with E-state index < -0.39 is 10.0 Å². The molecule has 2 rings (SSSR count). The van der Waals surface area contributed by atoms with Gasteiger partial charge in [-0.15, -0.1) is 0 Å². The van der Waals surface area contributed by atoms with Crippen LogP contribution in [0.5, 0.6) is 0 Å². The lowest BCUT2D eigenvalue weighted by Crippen LogP contribution is -2.23. The van der Waals surface area contributed by atoms with Gasteiger partial charge in [-0.05, 0) is 17.5 Å². The molecule has 0 atom stereocenters. The van der Waals surface area contributed by atoms with Crippen molar-refractivity contribution in [1.29, 1.82) is 0 Å². The molecule has 1 aromatic heterocycles. The number of aryl methyl sites for hydroxylation is 1. The van der Waals surface area contributed by atoms with Gasteiger partial charge in [0.05, 0.1) is 19.3 Å². The lowest BCUT2D eigenvalue weighted by atomic mass is 10.1. The summed E-state index contributed by atoms with van der Waals surface area (Å²) >= 11 is 0. The minimum Gasteiger partial charge on any atom is -0.394 e. The van der Waals surface area contributed by atoms with Gasteiger partial charge in [-0.2, -0.15) is 5.10 Å². The first kappa shape index (κ1) is 15.7. The van der Waals surface area contributed by atoms with Crippen molar-refractivity contribution >= 4 is 10.0 Å². The lowest BCUT2D eigenvalue weighted by Gasteiger charge is -2.08. The van der Waals surface area contributed by atoms with Gasteiger partial charge in [-0.25, -0.2) is 13.1 Å². The topological polar surface area (TPSA) is 84.2 Å². The predicted molar refractivity (Wildman–Crippen MR) is 79.2 cm³/mol. The zero-order valence-electron chi connectivity index (χ0n) is 11.9. The zero-order chi connectivity index (χ0) is 15.3. The molecule has 0 aliphatic heterocycles. The van der Waals surface area contributed by atoms with Gasteiger partial charge >= 0.3 is 0 Å². The summed E-state index contributed by atoms with van der Waals surface area (Å²) in [4.78, 5) is 0.102. The Morgan fingerprint density at radius 3 is 2.67 bits per heavy atom. The third-order valence-electron chi connectivity index (χ3n) is 3.20. The molecule has 0 bridgehead atoms. The standard InChI is InChI=1S/C14H19N3O3S/c1-2-12-5-3-4-6-13(12)9-16-21(19,20)14-10-15-17(11-14)7-8-18/h3-6,10-11,16,18H,2,7-9H2,1H3. The Kier molecular flexibility index (Phi) is 5.11. The van der Waals surface area contributed by atoms with Crippen molar-refractivity contribution < 1.29 is 13.5 Å². The maximum Gasteiger partial charge on any atom is 0.243 e. The summed E-state index contributed by atoms with van der Waals surface area (Å²) < 4.78 is 28.4. The molecule has 0 aliphatic rings. The Morgan fingerprint density at radius 1 is 1.29 bits per heavy atom. The van der Waals surface area contributed by atoms with Crippen molar-refractivity contribution in [2.45, 2.75) is 31.3 Å². The molecule has 7 heteroatoms. The first-order chi connectivity index (χ1) is 10.1. The van der Waals surface area contributed by atoms with E-state index in [0.29, 0.717) is 0 Å². The number of benzene rings is 1. The van der Waals surface area contributed by atoms with Crippen LogP contribution < -0.4 is 4.72 Å². The molecule has 0 spiro atoms. The molecule has 0 saturated carbocycles. The van der Waals surface area contributed by atoms with Gasteiger partial charge in [-0.1, -0.05) is 31.2 Å². The van der Waals surface area contributed by atoms with E-state index in [9.17, 15) is 8.42 Å². The highest BCUT2D eigenvalue weighted by atomic mass is 32.2. The average molecular weight is 309 g/mol. The maximum atomic E-state index is 12.2. The smallest absolute Gasteiger partial charge is 0.243 e. The molecule has 2 N–H and O–H groups in total. The van der Waals surface area contributed by atoms with Crippen LogP contribution in [0.1, 0.15) is 18.1 Å². The summed E-state index contributed by atoms with van der Waals surface area (Å²) in [6.45, 7) is 2.47. The van der Waals surface area contributed by atoms with E-state index in [2.05, 4.69) is 9.82 Å². The second kappa shape index (κ2) is 6.84. The molecule has 0 saturated heterocycles. The van der Waals surface area contributed by atoms with Gasteiger partial charge in [0.25, 0.3) is 0 Å². The van der Waals surface area contributed by atoms with Crippen LogP contribution in [0, 0.1) is 0 Å². The van der Waals surface area contributed by atoms with Crippen LogP contribution in [-0.2, 0) is 29.5 Å². The van der Waals surface area contributed by atoms with Crippen LogP contribution in [0.2, 0.25) is 0 Å². The number of aliphatic hydroxyl groups is 1. The summed E-state index contributed by atoms with van der Waals surface area (Å²) in [7, 11) is -3.60. The quantitative estimate of drug-likeness (QED) is 0.796. The molecule has 1 aromatic carbocycles. The molecular formula is C14H19N3O3S. The normalized spacial score (nSPS) is 11.7. The molecule has 114 valence electrons. The molecule has 0 fully saturated rings. The third-order valence-corrected chi connectivity index (χ3v) is 4.56. The number of nitrogens with one attached hydrogen (secondary N) is 1. The average Bonchev–Trinajstić information content (AvgIpc) is 2.95. The Bertz CT molecular complexity index is 695. The number of hydrogen-bond donors (Lipinski definition) is 2. The minimum atomic E-state index is -3.60. The van der Waals surface area contributed by atoms with Crippen molar-refractivity contribution in [3.05, 3.63) is 47.8 Å². The molecule has 2 aromatic rings. The fourth-order valence-electron chi connectivity index (χ4n) is 2.04. The van der Waals surface area contributed by atoms with Crippen LogP contribution >= 0.6 is 0 Å². The van der Waals surface area contributed by atoms with Crippen molar-refractivity contribution in [3.63, 3.8) is 0 Å². The number of aromatic nitrogens is 2. The summed E-state index contributed by atoms with van der Waals surface area (Å²) in [6, 6.07) is 7.73. The van der Waals surface area contributed by atoms with Crippen molar-refractivity contribution in [2.24, 2.45) is 0 Å². The fraction of sp³-hybridized carbons (Fsp3) is 0.357. The van der Waals surface area contributed by atoms with Gasteiger partial charge in [0.1, 0.15) is 4.90 Å². The van der Waals surface area contributed by atoms with Crippen molar-refractivity contribution in [3.8, 4) is 0 Å². The van der Waals surface area contributed by atoms with Crippen LogP contribution in [0.3, 0.4) is 0 Å². The van der Waals surface area contributed by atoms with E-state index in [1.165, 1.54) is 17.1 Å². The molecule has 21 heavy (non-hydrogen) atoms. The van der Waals surface area contributed by atoms with Crippen LogP contribution in [-0.4, -0.2) is 29.9 Å². The van der Waals surface area contributed by atoms with E-state index in [4.69, 9.17) is 5.11 Å². The number of rotatable bonds is 7. The van der Waals surface area contributed by atoms with Gasteiger partial charge in [-0.3, -0.25) is 4.68 Å².